The molecule has 29 heavy (non-hydrogen) atoms. The van der Waals surface area contributed by atoms with Gasteiger partial charge in [0.05, 0.1) is 17.6 Å². The number of rotatable bonds is 6. The van der Waals surface area contributed by atoms with E-state index < -0.39 is 0 Å². The molecule has 0 saturated carbocycles. The van der Waals surface area contributed by atoms with Crippen LogP contribution >= 0.6 is 0 Å². The van der Waals surface area contributed by atoms with Gasteiger partial charge in [-0.2, -0.15) is 10.2 Å². The molecule has 0 atom stereocenters. The summed E-state index contributed by atoms with van der Waals surface area (Å²) in [6, 6.07) is 19.9. The van der Waals surface area contributed by atoms with Crippen molar-refractivity contribution in [2.45, 2.75) is 6.54 Å². The van der Waals surface area contributed by atoms with Gasteiger partial charge in [-0.25, -0.2) is 4.68 Å². The fourth-order valence-electron chi connectivity index (χ4n) is 3.03. The van der Waals surface area contributed by atoms with Crippen LogP contribution in [0.5, 0.6) is 0 Å². The molecule has 2 heterocycles. The number of hydrogen-bond acceptors (Lipinski definition) is 3. The maximum atomic E-state index is 12.3. The molecule has 0 aliphatic heterocycles. The Morgan fingerprint density at radius 1 is 1.03 bits per heavy atom. The number of carbonyl (C=O) groups is 1. The Labute approximate surface area is 169 Å². The largest absolute Gasteiger partial charge is 0.348 e. The summed E-state index contributed by atoms with van der Waals surface area (Å²) >= 11 is 0. The van der Waals surface area contributed by atoms with E-state index in [1.165, 1.54) is 6.08 Å². The first kappa shape index (κ1) is 18.4. The Kier molecular flexibility index (Phi) is 5.33. The Hall–Kier alpha value is -3.93. The normalized spacial score (nSPS) is 11.1. The molecule has 2 aromatic carbocycles. The highest BCUT2D eigenvalue weighted by molar-refractivity contribution is 5.91. The third kappa shape index (κ3) is 4.50. The van der Waals surface area contributed by atoms with Crippen molar-refractivity contribution in [3.8, 4) is 16.9 Å². The second-order valence-corrected chi connectivity index (χ2v) is 6.65. The van der Waals surface area contributed by atoms with Crippen LogP contribution in [0.3, 0.4) is 0 Å². The van der Waals surface area contributed by atoms with Gasteiger partial charge in [0.2, 0.25) is 5.91 Å². The zero-order chi connectivity index (χ0) is 20.1. The van der Waals surface area contributed by atoms with E-state index in [9.17, 15) is 4.79 Å². The van der Waals surface area contributed by atoms with Gasteiger partial charge in [-0.05, 0) is 18.2 Å². The molecule has 1 amide bonds. The van der Waals surface area contributed by atoms with Crippen molar-refractivity contribution in [3.63, 3.8) is 0 Å². The molecule has 6 heteroatoms. The standard InChI is InChI=1S/C23H21N5O/c1-27-16-18(14-25-27)12-13-22(29)24-15-20-17-28(21-10-6-3-7-11-21)26-23(20)19-8-4-2-5-9-19/h2-14,16-17H,15H2,1H3,(H,24,29). The van der Waals surface area contributed by atoms with Crippen LogP contribution in [0, 0.1) is 0 Å². The van der Waals surface area contributed by atoms with Gasteiger partial charge < -0.3 is 5.32 Å². The Morgan fingerprint density at radius 2 is 1.76 bits per heavy atom. The molecule has 4 rings (SSSR count). The summed E-state index contributed by atoms with van der Waals surface area (Å²) in [5, 5.41) is 11.8. The van der Waals surface area contributed by atoms with Crippen LogP contribution in [-0.4, -0.2) is 25.5 Å². The molecule has 0 aliphatic carbocycles. The number of benzene rings is 2. The molecule has 0 radical (unpaired) electrons. The van der Waals surface area contributed by atoms with Crippen molar-refractivity contribution in [2.24, 2.45) is 7.05 Å². The molecule has 0 spiro atoms. The van der Waals surface area contributed by atoms with Crippen LogP contribution in [-0.2, 0) is 18.4 Å². The van der Waals surface area contributed by atoms with Gasteiger partial charge in [0, 0.05) is 48.8 Å². The first-order chi connectivity index (χ1) is 14.2. The topological polar surface area (TPSA) is 64.7 Å². The lowest BCUT2D eigenvalue weighted by Crippen LogP contribution is -2.20. The van der Waals surface area contributed by atoms with Gasteiger partial charge in [0.1, 0.15) is 0 Å². The molecule has 0 saturated heterocycles. The summed E-state index contributed by atoms with van der Waals surface area (Å²) in [6.07, 6.45) is 8.78. The molecule has 0 aliphatic rings. The zero-order valence-electron chi connectivity index (χ0n) is 16.1. The lowest BCUT2D eigenvalue weighted by atomic mass is 10.1. The van der Waals surface area contributed by atoms with Gasteiger partial charge in [-0.15, -0.1) is 0 Å². The third-order valence-electron chi connectivity index (χ3n) is 4.46. The number of nitrogens with zero attached hydrogens (tertiary/aromatic N) is 4. The third-order valence-corrected chi connectivity index (χ3v) is 4.46. The van der Waals surface area contributed by atoms with E-state index in [2.05, 4.69) is 10.4 Å². The molecule has 2 aromatic heterocycles. The Balaban J connectivity index is 1.54. The monoisotopic (exact) mass is 383 g/mol. The number of para-hydroxylation sites is 1. The van der Waals surface area contributed by atoms with Gasteiger partial charge in [0.25, 0.3) is 0 Å². The minimum atomic E-state index is -0.166. The minimum absolute atomic E-state index is 0.166. The first-order valence-corrected chi connectivity index (χ1v) is 9.33. The van der Waals surface area contributed by atoms with E-state index in [4.69, 9.17) is 5.10 Å². The van der Waals surface area contributed by atoms with E-state index in [0.29, 0.717) is 6.54 Å². The predicted octanol–water partition coefficient (Wildman–Crippen LogP) is 3.60. The molecule has 0 fully saturated rings. The van der Waals surface area contributed by atoms with Crippen molar-refractivity contribution in [1.29, 1.82) is 0 Å². The summed E-state index contributed by atoms with van der Waals surface area (Å²) in [6.45, 7) is 0.382. The fourth-order valence-corrected chi connectivity index (χ4v) is 3.03. The van der Waals surface area contributed by atoms with Crippen LogP contribution in [0.1, 0.15) is 11.1 Å². The van der Waals surface area contributed by atoms with Crippen molar-refractivity contribution in [2.75, 3.05) is 0 Å². The summed E-state index contributed by atoms with van der Waals surface area (Å²) in [5.74, 6) is -0.166. The summed E-state index contributed by atoms with van der Waals surface area (Å²) in [5.41, 5.74) is 4.66. The summed E-state index contributed by atoms with van der Waals surface area (Å²) in [7, 11) is 1.84. The molecule has 4 aromatic rings. The number of amides is 1. The van der Waals surface area contributed by atoms with E-state index in [1.54, 1.807) is 17.0 Å². The number of aryl methyl sites for hydroxylation is 1. The number of carbonyl (C=O) groups excluding carboxylic acids is 1. The Bertz CT molecular complexity index is 1130. The van der Waals surface area contributed by atoms with Gasteiger partial charge in [-0.3, -0.25) is 9.48 Å². The molecule has 144 valence electrons. The molecule has 0 bridgehead atoms. The first-order valence-electron chi connectivity index (χ1n) is 9.33. The van der Waals surface area contributed by atoms with E-state index in [0.717, 1.165) is 28.1 Å². The fraction of sp³-hybridized carbons (Fsp3) is 0.0870. The second-order valence-electron chi connectivity index (χ2n) is 6.65. The highest BCUT2D eigenvalue weighted by Gasteiger charge is 2.12. The maximum absolute atomic E-state index is 12.3. The molecular formula is C23H21N5O. The van der Waals surface area contributed by atoms with Gasteiger partial charge >= 0.3 is 0 Å². The summed E-state index contributed by atoms with van der Waals surface area (Å²) < 4.78 is 3.54. The van der Waals surface area contributed by atoms with Gasteiger partial charge in [0.15, 0.2) is 0 Å². The smallest absolute Gasteiger partial charge is 0.244 e. The Morgan fingerprint density at radius 3 is 2.45 bits per heavy atom. The van der Waals surface area contributed by atoms with E-state index in [-0.39, 0.29) is 5.91 Å². The van der Waals surface area contributed by atoms with Crippen molar-refractivity contribution >= 4 is 12.0 Å². The van der Waals surface area contributed by atoms with Crippen LogP contribution in [0.15, 0.2) is 85.3 Å². The van der Waals surface area contributed by atoms with Crippen LogP contribution < -0.4 is 5.32 Å². The van der Waals surface area contributed by atoms with Crippen LogP contribution in [0.2, 0.25) is 0 Å². The number of hydrogen-bond donors (Lipinski definition) is 1. The zero-order valence-corrected chi connectivity index (χ0v) is 16.1. The average Bonchev–Trinajstić information content (AvgIpc) is 3.38. The van der Waals surface area contributed by atoms with Crippen molar-refractivity contribution in [1.82, 2.24) is 24.9 Å². The minimum Gasteiger partial charge on any atom is -0.348 e. The van der Waals surface area contributed by atoms with E-state index in [1.807, 2.05) is 84.8 Å². The lowest BCUT2D eigenvalue weighted by molar-refractivity contribution is -0.116. The molecule has 6 nitrogen and oxygen atoms in total. The highest BCUT2D eigenvalue weighted by Crippen LogP contribution is 2.23. The van der Waals surface area contributed by atoms with Crippen molar-refractivity contribution in [3.05, 3.63) is 96.5 Å². The predicted molar refractivity (Wildman–Crippen MR) is 113 cm³/mol. The number of nitrogens with one attached hydrogen (secondary N) is 1. The van der Waals surface area contributed by atoms with Gasteiger partial charge in [-0.1, -0.05) is 48.5 Å². The summed E-state index contributed by atoms with van der Waals surface area (Å²) in [4.78, 5) is 12.3. The highest BCUT2D eigenvalue weighted by atomic mass is 16.1. The van der Waals surface area contributed by atoms with E-state index >= 15 is 0 Å². The van der Waals surface area contributed by atoms with Crippen LogP contribution in [0.25, 0.3) is 23.0 Å². The van der Waals surface area contributed by atoms with Crippen molar-refractivity contribution < 1.29 is 4.79 Å². The quantitative estimate of drug-likeness (QED) is 0.518. The second kappa shape index (κ2) is 8.39. The average molecular weight is 383 g/mol. The van der Waals surface area contributed by atoms with Crippen LogP contribution in [0.4, 0.5) is 0 Å². The molecule has 0 unspecified atom stereocenters. The molecule has 1 N–H and O–H groups in total. The maximum Gasteiger partial charge on any atom is 0.244 e. The SMILES string of the molecule is Cn1cc(C=CC(=O)NCc2cn(-c3ccccc3)nc2-c2ccccc2)cn1. The molecular weight excluding hydrogens is 362 g/mol. The lowest BCUT2D eigenvalue weighted by Gasteiger charge is -2.03. The number of aromatic nitrogens is 4.